The Bertz CT molecular complexity index is 1440. The van der Waals surface area contributed by atoms with E-state index in [9.17, 15) is 9.59 Å². The molecule has 2 aliphatic rings. The highest BCUT2D eigenvalue weighted by Crippen LogP contribution is 2.32. The van der Waals surface area contributed by atoms with E-state index in [1.807, 2.05) is 31.2 Å². The van der Waals surface area contributed by atoms with E-state index < -0.39 is 18.7 Å². The highest BCUT2D eigenvalue weighted by atomic mass is 32.2. The third-order valence-electron chi connectivity index (χ3n) is 5.55. The molecule has 0 aliphatic carbocycles. The van der Waals surface area contributed by atoms with Crippen molar-refractivity contribution in [3.63, 3.8) is 0 Å². The van der Waals surface area contributed by atoms with Gasteiger partial charge in [0.2, 0.25) is 0 Å². The van der Waals surface area contributed by atoms with Crippen LogP contribution in [0, 0.1) is 6.92 Å². The number of hydrogen-bond acceptors (Lipinski definition) is 7. The van der Waals surface area contributed by atoms with Crippen LogP contribution in [0.1, 0.15) is 22.9 Å². The Kier molecular flexibility index (Phi) is 6.24. The minimum atomic E-state index is -1.04. The van der Waals surface area contributed by atoms with Gasteiger partial charge >= 0.3 is 5.97 Å². The lowest BCUT2D eigenvalue weighted by atomic mass is 10.1. The summed E-state index contributed by atoms with van der Waals surface area (Å²) < 4.78 is 5.24. The monoisotopic (exact) mass is 486 g/mol. The molecule has 9 heteroatoms. The van der Waals surface area contributed by atoms with Crippen molar-refractivity contribution in [1.82, 2.24) is 10.3 Å². The fourth-order valence-corrected chi connectivity index (χ4v) is 4.63. The fourth-order valence-electron chi connectivity index (χ4n) is 3.83. The van der Waals surface area contributed by atoms with E-state index >= 15 is 0 Å². The van der Waals surface area contributed by atoms with Crippen LogP contribution in [0.5, 0.6) is 5.75 Å². The second-order valence-corrected chi connectivity index (χ2v) is 9.06. The number of amides is 1. The number of carboxylic acids is 1. The molecule has 3 aromatic rings. The number of hydrazone groups is 1. The maximum absolute atomic E-state index is 13.2. The number of amidine groups is 1. The van der Waals surface area contributed by atoms with Crippen LogP contribution in [0.4, 0.5) is 0 Å². The summed E-state index contributed by atoms with van der Waals surface area (Å²) in [6, 6.07) is 22.7. The molecule has 0 saturated carbocycles. The summed E-state index contributed by atoms with van der Waals surface area (Å²) in [7, 11) is 0. The third kappa shape index (κ3) is 4.90. The number of hydrogen-bond donors (Lipinski definition) is 2. The van der Waals surface area contributed by atoms with Gasteiger partial charge in [0.25, 0.3) is 5.91 Å². The van der Waals surface area contributed by atoms with Crippen molar-refractivity contribution in [2.75, 3.05) is 6.61 Å². The second-order valence-electron chi connectivity index (χ2n) is 8.10. The molecular formula is C26H22N4O4S. The molecule has 1 amide bonds. The summed E-state index contributed by atoms with van der Waals surface area (Å²) in [5, 5.41) is 20.1. The smallest absolute Gasteiger partial charge is 0.341 e. The molecular weight excluding hydrogens is 464 g/mol. The molecule has 0 spiro atoms. The van der Waals surface area contributed by atoms with Gasteiger partial charge in [0.1, 0.15) is 11.4 Å². The Morgan fingerprint density at radius 2 is 1.83 bits per heavy atom. The van der Waals surface area contributed by atoms with Crippen LogP contribution < -0.4 is 20.6 Å². The zero-order valence-corrected chi connectivity index (χ0v) is 19.7. The zero-order valence-electron chi connectivity index (χ0n) is 18.8. The van der Waals surface area contributed by atoms with Crippen molar-refractivity contribution in [3.8, 4) is 5.75 Å². The predicted octanol–water partition coefficient (Wildman–Crippen LogP) is 2.53. The molecule has 0 aromatic heterocycles. The molecule has 8 nitrogen and oxygen atoms in total. The number of benzene rings is 3. The molecule has 35 heavy (non-hydrogen) atoms. The van der Waals surface area contributed by atoms with Crippen LogP contribution in [-0.2, 0) is 15.3 Å². The van der Waals surface area contributed by atoms with E-state index in [0.29, 0.717) is 32.9 Å². The van der Waals surface area contributed by atoms with Crippen LogP contribution in [0.2, 0.25) is 0 Å². The first-order valence-corrected chi connectivity index (χ1v) is 12.0. The van der Waals surface area contributed by atoms with Gasteiger partial charge in [-0.1, -0.05) is 71.9 Å². The topological polar surface area (TPSA) is 104 Å². The summed E-state index contributed by atoms with van der Waals surface area (Å²) in [5.74, 6) is -0.182. The number of ether oxygens (including phenoxy) is 1. The van der Waals surface area contributed by atoms with E-state index in [1.54, 1.807) is 29.3 Å². The van der Waals surface area contributed by atoms with Gasteiger partial charge in [0.05, 0.1) is 5.36 Å². The Balaban J connectivity index is 1.48. The van der Waals surface area contributed by atoms with Crippen molar-refractivity contribution in [3.05, 3.63) is 100 Å². The lowest BCUT2D eigenvalue weighted by Gasteiger charge is -2.34. The minimum absolute atomic E-state index is 0.236. The van der Waals surface area contributed by atoms with Gasteiger partial charge in [0.15, 0.2) is 17.9 Å². The molecule has 2 heterocycles. The van der Waals surface area contributed by atoms with Gasteiger partial charge in [-0.25, -0.2) is 9.80 Å². The molecule has 0 radical (unpaired) electrons. The average molecular weight is 487 g/mol. The minimum Gasteiger partial charge on any atom is -0.482 e. The van der Waals surface area contributed by atoms with Gasteiger partial charge < -0.3 is 9.84 Å². The molecule has 0 bridgehead atoms. The SMILES string of the molecule is Cc1ccc(CSC2=NN3C(=c4ccccc4=NC3c3ccc(OCC(=O)O)cc3)C(=O)N2)cc1. The van der Waals surface area contributed by atoms with Gasteiger partial charge in [0, 0.05) is 11.0 Å². The summed E-state index contributed by atoms with van der Waals surface area (Å²) >= 11 is 1.45. The predicted molar refractivity (Wildman–Crippen MR) is 133 cm³/mol. The van der Waals surface area contributed by atoms with Crippen LogP contribution in [0.15, 0.2) is 82.9 Å². The third-order valence-corrected chi connectivity index (χ3v) is 6.49. The molecule has 1 atom stereocenters. The lowest BCUT2D eigenvalue weighted by molar-refractivity contribution is -0.139. The normalized spacial score (nSPS) is 16.4. The maximum Gasteiger partial charge on any atom is 0.341 e. The Morgan fingerprint density at radius 3 is 2.57 bits per heavy atom. The van der Waals surface area contributed by atoms with Gasteiger partial charge in [-0.15, -0.1) is 5.10 Å². The second kappa shape index (κ2) is 9.63. The van der Waals surface area contributed by atoms with E-state index in [1.165, 1.54) is 17.3 Å². The zero-order chi connectivity index (χ0) is 24.4. The Labute approximate surface area is 205 Å². The molecule has 3 aromatic carbocycles. The van der Waals surface area contributed by atoms with Crippen molar-refractivity contribution >= 4 is 34.5 Å². The number of carbonyl (C=O) groups excluding carboxylic acids is 1. The quantitative estimate of drug-likeness (QED) is 0.555. The number of aliphatic carboxylic acids is 1. The highest BCUT2D eigenvalue weighted by molar-refractivity contribution is 8.13. The number of fused-ring (bicyclic) bond motifs is 2. The van der Waals surface area contributed by atoms with Gasteiger partial charge in [-0.3, -0.25) is 15.1 Å². The molecule has 0 saturated heterocycles. The Hall–Kier alpha value is -4.11. The van der Waals surface area contributed by atoms with Gasteiger partial charge in [-0.05, 0) is 36.2 Å². The van der Waals surface area contributed by atoms with Crippen LogP contribution >= 0.6 is 11.8 Å². The standard InChI is InChI=1S/C26H22N4O4S/c1-16-6-8-17(9-7-16)15-35-26-28-25(33)23-20-4-2-3-5-21(20)27-24(30(23)29-26)18-10-12-19(13-11-18)34-14-22(31)32/h2-13,24H,14-15H2,1H3,(H,31,32)(H,28,29,33). The first kappa shape index (κ1) is 22.7. The van der Waals surface area contributed by atoms with Crippen molar-refractivity contribution in [2.45, 2.75) is 18.8 Å². The molecule has 0 fully saturated rings. The van der Waals surface area contributed by atoms with Crippen molar-refractivity contribution in [2.24, 2.45) is 10.1 Å². The number of aryl methyl sites for hydroxylation is 1. The molecule has 2 N–H and O–H groups in total. The number of rotatable bonds is 6. The average Bonchev–Trinajstić information content (AvgIpc) is 2.87. The fraction of sp³-hybridized carbons (Fsp3) is 0.154. The van der Waals surface area contributed by atoms with E-state index in [2.05, 4.69) is 29.6 Å². The summed E-state index contributed by atoms with van der Waals surface area (Å²) in [6.07, 6.45) is -0.561. The first-order valence-electron chi connectivity index (χ1n) is 11.0. The Morgan fingerprint density at radius 1 is 1.09 bits per heavy atom. The number of thioether (sulfide) groups is 1. The molecule has 5 rings (SSSR count). The number of carbonyl (C=O) groups is 2. The molecule has 2 aliphatic heterocycles. The summed E-state index contributed by atoms with van der Waals surface area (Å²) in [6.45, 7) is 1.62. The lowest BCUT2D eigenvalue weighted by Crippen LogP contribution is -2.50. The van der Waals surface area contributed by atoms with E-state index in [0.717, 1.165) is 11.1 Å². The van der Waals surface area contributed by atoms with Crippen LogP contribution in [0.25, 0.3) is 5.70 Å². The van der Waals surface area contributed by atoms with Crippen LogP contribution in [-0.4, -0.2) is 33.8 Å². The largest absolute Gasteiger partial charge is 0.482 e. The number of para-hydroxylation sites is 1. The van der Waals surface area contributed by atoms with E-state index in [-0.39, 0.29) is 5.91 Å². The first-order chi connectivity index (χ1) is 17.0. The summed E-state index contributed by atoms with van der Waals surface area (Å²) in [5.41, 5.74) is 3.55. The molecule has 1 unspecified atom stereocenters. The number of carboxylic acid groups (broad SMARTS) is 1. The number of nitrogens with zero attached hydrogens (tertiary/aromatic N) is 3. The van der Waals surface area contributed by atoms with E-state index in [4.69, 9.17) is 19.9 Å². The maximum atomic E-state index is 13.2. The highest BCUT2D eigenvalue weighted by Gasteiger charge is 2.34. The van der Waals surface area contributed by atoms with Crippen molar-refractivity contribution in [1.29, 1.82) is 0 Å². The van der Waals surface area contributed by atoms with Crippen molar-refractivity contribution < 1.29 is 19.4 Å². The number of nitrogens with one attached hydrogen (secondary N) is 1. The summed E-state index contributed by atoms with van der Waals surface area (Å²) in [4.78, 5) is 28.9. The van der Waals surface area contributed by atoms with Gasteiger partial charge in [-0.2, -0.15) is 0 Å². The molecule has 176 valence electrons. The van der Waals surface area contributed by atoms with Crippen LogP contribution in [0.3, 0.4) is 0 Å².